The van der Waals surface area contributed by atoms with Crippen molar-refractivity contribution in [2.45, 2.75) is 18.9 Å². The molecular formula is C13H15Cl2NO3. The SMILES string of the molecule is O=C(COc1ccc(Cl)c(Cl)c1)N1CCC[C@H]1CO. The number of likely N-dealkylation sites (tertiary alicyclic amines) is 1. The van der Waals surface area contributed by atoms with Crippen molar-refractivity contribution in [2.75, 3.05) is 19.8 Å². The van der Waals surface area contributed by atoms with E-state index in [0.29, 0.717) is 22.3 Å². The highest BCUT2D eigenvalue weighted by molar-refractivity contribution is 6.42. The Bertz CT molecular complexity index is 467. The predicted octanol–water partition coefficient (Wildman–Crippen LogP) is 2.36. The van der Waals surface area contributed by atoms with Crippen LogP contribution in [-0.4, -0.2) is 41.7 Å². The number of aliphatic hydroxyl groups excluding tert-OH is 1. The Morgan fingerprint density at radius 1 is 1.42 bits per heavy atom. The van der Waals surface area contributed by atoms with Gasteiger partial charge >= 0.3 is 0 Å². The number of carbonyl (C=O) groups is 1. The Labute approximate surface area is 121 Å². The quantitative estimate of drug-likeness (QED) is 0.929. The number of hydrogen-bond acceptors (Lipinski definition) is 3. The molecule has 0 saturated carbocycles. The first-order valence-corrected chi connectivity index (χ1v) is 6.85. The Kier molecular flexibility index (Phi) is 4.91. The van der Waals surface area contributed by atoms with Crippen LogP contribution >= 0.6 is 23.2 Å². The van der Waals surface area contributed by atoms with Gasteiger partial charge in [0.25, 0.3) is 5.91 Å². The Morgan fingerprint density at radius 3 is 2.89 bits per heavy atom. The minimum atomic E-state index is -0.123. The Balaban J connectivity index is 1.91. The average Bonchev–Trinajstić information content (AvgIpc) is 2.88. The number of hydrogen-bond donors (Lipinski definition) is 1. The maximum absolute atomic E-state index is 12.0. The first-order valence-electron chi connectivity index (χ1n) is 6.10. The zero-order chi connectivity index (χ0) is 13.8. The second kappa shape index (κ2) is 6.46. The van der Waals surface area contributed by atoms with Gasteiger partial charge in [0.15, 0.2) is 6.61 Å². The first-order chi connectivity index (χ1) is 9.11. The van der Waals surface area contributed by atoms with Crippen LogP contribution in [0.4, 0.5) is 0 Å². The maximum atomic E-state index is 12.0. The van der Waals surface area contributed by atoms with Crippen LogP contribution in [0.1, 0.15) is 12.8 Å². The molecule has 0 unspecified atom stereocenters. The molecule has 1 aliphatic rings. The van der Waals surface area contributed by atoms with E-state index in [1.807, 2.05) is 0 Å². The normalized spacial score (nSPS) is 18.7. The summed E-state index contributed by atoms with van der Waals surface area (Å²) in [5.74, 6) is 0.380. The lowest BCUT2D eigenvalue weighted by Gasteiger charge is -2.22. The molecular weight excluding hydrogens is 289 g/mol. The molecule has 0 spiro atoms. The van der Waals surface area contributed by atoms with Crippen LogP contribution in [0.3, 0.4) is 0 Å². The molecule has 1 aromatic carbocycles. The van der Waals surface area contributed by atoms with Crippen LogP contribution in [0.2, 0.25) is 10.0 Å². The van der Waals surface area contributed by atoms with Crippen LogP contribution in [-0.2, 0) is 4.79 Å². The number of ether oxygens (including phenoxy) is 1. The van der Waals surface area contributed by atoms with Crippen molar-refractivity contribution in [1.82, 2.24) is 4.90 Å². The second-order valence-electron chi connectivity index (χ2n) is 4.43. The van der Waals surface area contributed by atoms with E-state index in [-0.39, 0.29) is 25.2 Å². The Hall–Kier alpha value is -0.970. The van der Waals surface area contributed by atoms with E-state index < -0.39 is 0 Å². The molecule has 1 aromatic rings. The summed E-state index contributed by atoms with van der Waals surface area (Å²) in [5.41, 5.74) is 0. The zero-order valence-corrected chi connectivity index (χ0v) is 11.8. The van der Waals surface area contributed by atoms with Crippen molar-refractivity contribution in [3.05, 3.63) is 28.2 Å². The summed E-state index contributed by atoms with van der Waals surface area (Å²) in [4.78, 5) is 13.6. The van der Waals surface area contributed by atoms with Gasteiger partial charge in [0.2, 0.25) is 0 Å². The number of rotatable bonds is 4. The highest BCUT2D eigenvalue weighted by Gasteiger charge is 2.28. The average molecular weight is 304 g/mol. The summed E-state index contributed by atoms with van der Waals surface area (Å²) in [5, 5.41) is 10.0. The third-order valence-corrected chi connectivity index (χ3v) is 3.90. The monoisotopic (exact) mass is 303 g/mol. The number of halogens is 2. The van der Waals surface area contributed by atoms with Gasteiger partial charge in [0.05, 0.1) is 22.7 Å². The van der Waals surface area contributed by atoms with Crippen molar-refractivity contribution < 1.29 is 14.6 Å². The predicted molar refractivity (Wildman–Crippen MR) is 73.8 cm³/mol. The van der Waals surface area contributed by atoms with Crippen LogP contribution < -0.4 is 4.74 Å². The molecule has 1 fully saturated rings. The van der Waals surface area contributed by atoms with E-state index in [4.69, 9.17) is 27.9 Å². The van der Waals surface area contributed by atoms with E-state index >= 15 is 0 Å². The van der Waals surface area contributed by atoms with Gasteiger partial charge in [0.1, 0.15) is 5.75 Å². The molecule has 0 radical (unpaired) electrons. The second-order valence-corrected chi connectivity index (χ2v) is 5.24. The largest absolute Gasteiger partial charge is 0.484 e. The van der Waals surface area contributed by atoms with Crippen molar-refractivity contribution in [3.63, 3.8) is 0 Å². The molecule has 1 atom stereocenters. The fourth-order valence-electron chi connectivity index (χ4n) is 2.15. The minimum absolute atomic E-state index is 0.00148. The molecule has 2 rings (SSSR count). The lowest BCUT2D eigenvalue weighted by molar-refractivity contribution is -0.134. The molecule has 0 aliphatic carbocycles. The van der Waals surface area contributed by atoms with Gasteiger partial charge in [-0.25, -0.2) is 0 Å². The van der Waals surface area contributed by atoms with E-state index in [0.717, 1.165) is 12.8 Å². The fourth-order valence-corrected chi connectivity index (χ4v) is 2.44. The number of nitrogens with zero attached hydrogens (tertiary/aromatic N) is 1. The molecule has 0 bridgehead atoms. The zero-order valence-electron chi connectivity index (χ0n) is 10.3. The van der Waals surface area contributed by atoms with Gasteiger partial charge in [0, 0.05) is 12.6 Å². The van der Waals surface area contributed by atoms with Gasteiger partial charge in [-0.15, -0.1) is 0 Å². The van der Waals surface area contributed by atoms with Gasteiger partial charge in [-0.1, -0.05) is 23.2 Å². The van der Waals surface area contributed by atoms with Gasteiger partial charge < -0.3 is 14.7 Å². The molecule has 1 amide bonds. The maximum Gasteiger partial charge on any atom is 0.260 e. The molecule has 4 nitrogen and oxygen atoms in total. The van der Waals surface area contributed by atoms with Crippen molar-refractivity contribution >= 4 is 29.1 Å². The van der Waals surface area contributed by atoms with Gasteiger partial charge in [-0.3, -0.25) is 4.79 Å². The third-order valence-electron chi connectivity index (χ3n) is 3.16. The lowest BCUT2D eigenvalue weighted by Crippen LogP contribution is -2.40. The highest BCUT2D eigenvalue weighted by Crippen LogP contribution is 2.26. The minimum Gasteiger partial charge on any atom is -0.484 e. The van der Waals surface area contributed by atoms with Crippen LogP contribution in [0.15, 0.2) is 18.2 Å². The van der Waals surface area contributed by atoms with E-state index in [1.54, 1.807) is 23.1 Å². The summed E-state index contributed by atoms with van der Waals surface area (Å²) < 4.78 is 5.39. The molecule has 19 heavy (non-hydrogen) atoms. The summed E-state index contributed by atoms with van der Waals surface area (Å²) in [6.45, 7) is 0.613. The van der Waals surface area contributed by atoms with Crippen LogP contribution in [0.5, 0.6) is 5.75 Å². The summed E-state index contributed by atoms with van der Waals surface area (Å²) in [6.07, 6.45) is 1.76. The number of amides is 1. The van der Waals surface area contributed by atoms with E-state index in [1.165, 1.54) is 0 Å². The lowest BCUT2D eigenvalue weighted by atomic mass is 10.2. The van der Waals surface area contributed by atoms with Crippen molar-refractivity contribution in [2.24, 2.45) is 0 Å². The van der Waals surface area contributed by atoms with E-state index in [2.05, 4.69) is 0 Å². The topological polar surface area (TPSA) is 49.8 Å². The number of benzene rings is 1. The van der Waals surface area contributed by atoms with E-state index in [9.17, 15) is 9.90 Å². The van der Waals surface area contributed by atoms with Crippen LogP contribution in [0, 0.1) is 0 Å². The fraction of sp³-hybridized carbons (Fsp3) is 0.462. The summed E-state index contributed by atoms with van der Waals surface area (Å²) >= 11 is 11.7. The van der Waals surface area contributed by atoms with Gasteiger partial charge in [-0.2, -0.15) is 0 Å². The highest BCUT2D eigenvalue weighted by atomic mass is 35.5. The molecule has 0 aromatic heterocycles. The van der Waals surface area contributed by atoms with Crippen molar-refractivity contribution in [3.8, 4) is 5.75 Å². The molecule has 1 N–H and O–H groups in total. The van der Waals surface area contributed by atoms with Crippen molar-refractivity contribution in [1.29, 1.82) is 0 Å². The first kappa shape index (κ1) is 14.4. The molecule has 1 heterocycles. The Morgan fingerprint density at radius 2 is 2.21 bits per heavy atom. The number of aliphatic hydroxyl groups is 1. The van der Waals surface area contributed by atoms with Gasteiger partial charge in [-0.05, 0) is 25.0 Å². The smallest absolute Gasteiger partial charge is 0.260 e. The summed E-state index contributed by atoms with van der Waals surface area (Å²) in [6, 6.07) is 4.78. The third kappa shape index (κ3) is 3.53. The molecule has 6 heteroatoms. The summed E-state index contributed by atoms with van der Waals surface area (Å²) in [7, 11) is 0. The molecule has 1 saturated heterocycles. The molecule has 1 aliphatic heterocycles. The number of carbonyl (C=O) groups excluding carboxylic acids is 1. The van der Waals surface area contributed by atoms with Crippen LogP contribution in [0.25, 0.3) is 0 Å². The molecule has 104 valence electrons. The standard InChI is InChI=1S/C13H15Cl2NO3/c14-11-4-3-10(6-12(11)15)19-8-13(18)16-5-1-2-9(16)7-17/h3-4,6,9,17H,1-2,5,7-8H2/t9-/m0/s1.